The third-order valence-electron chi connectivity index (χ3n) is 7.67. The lowest BCUT2D eigenvalue weighted by Gasteiger charge is -2.33. The molecule has 1 saturated heterocycles. The molecule has 190 valence electrons. The van der Waals surface area contributed by atoms with Crippen molar-refractivity contribution in [3.8, 4) is 11.3 Å². The number of hydrogen-bond donors (Lipinski definition) is 4. The molecule has 5 heterocycles. The fourth-order valence-electron chi connectivity index (χ4n) is 5.75. The van der Waals surface area contributed by atoms with Gasteiger partial charge in [-0.15, -0.1) is 0 Å². The second kappa shape index (κ2) is 10.4. The molecular formula is C28H32N8O. The predicted molar refractivity (Wildman–Crippen MR) is 142 cm³/mol. The van der Waals surface area contributed by atoms with Crippen molar-refractivity contribution in [1.29, 1.82) is 0 Å². The second-order valence-electron chi connectivity index (χ2n) is 10.1. The summed E-state index contributed by atoms with van der Waals surface area (Å²) in [7, 11) is 0. The van der Waals surface area contributed by atoms with Crippen LogP contribution in [0.2, 0.25) is 0 Å². The molecule has 9 nitrogen and oxygen atoms in total. The van der Waals surface area contributed by atoms with E-state index in [4.69, 9.17) is 4.98 Å². The smallest absolute Gasteiger partial charge is 0.224 e. The molecule has 9 heteroatoms. The number of imidazole rings is 1. The lowest BCUT2D eigenvalue weighted by atomic mass is 9.73. The Morgan fingerprint density at radius 1 is 1.11 bits per heavy atom. The van der Waals surface area contributed by atoms with Crippen molar-refractivity contribution >= 4 is 22.8 Å². The zero-order valence-corrected chi connectivity index (χ0v) is 20.9. The third kappa shape index (κ3) is 4.84. The van der Waals surface area contributed by atoms with E-state index in [0.29, 0.717) is 29.9 Å². The summed E-state index contributed by atoms with van der Waals surface area (Å²) in [6.07, 6.45) is 12.9. The minimum absolute atomic E-state index is 0.0449. The van der Waals surface area contributed by atoms with Crippen molar-refractivity contribution in [3.05, 3.63) is 66.5 Å². The first-order valence-corrected chi connectivity index (χ1v) is 13.2. The Morgan fingerprint density at radius 3 is 2.92 bits per heavy atom. The summed E-state index contributed by atoms with van der Waals surface area (Å²) in [6.45, 7) is 2.09. The van der Waals surface area contributed by atoms with Gasteiger partial charge in [0.05, 0.1) is 29.1 Å². The highest BCUT2D eigenvalue weighted by Crippen LogP contribution is 2.44. The van der Waals surface area contributed by atoms with Gasteiger partial charge in [0.15, 0.2) is 5.65 Å². The standard InChI is InChI=1S/C28H32N8O/c1-2-3-7-24(37)32-19-13-18(15-29-16-19)17-8-9-23-21(14-17)26(36-35-23)28-33-25-20(10-12-31-27(25)34-28)22-6-4-5-11-30-22/h4-6,10-13,15-17,21,23,26,35-36H,2-3,7-9,14H2,1H3,(H,32,37)(H,31,33,34). The molecular weight excluding hydrogens is 464 g/mol. The summed E-state index contributed by atoms with van der Waals surface area (Å²) >= 11 is 0. The first-order valence-electron chi connectivity index (χ1n) is 13.2. The van der Waals surface area contributed by atoms with Crippen LogP contribution in [0, 0.1) is 5.92 Å². The maximum absolute atomic E-state index is 12.2. The molecule has 6 rings (SSSR count). The van der Waals surface area contributed by atoms with E-state index in [-0.39, 0.29) is 11.9 Å². The van der Waals surface area contributed by atoms with E-state index in [9.17, 15) is 4.79 Å². The van der Waals surface area contributed by atoms with Gasteiger partial charge in [0.25, 0.3) is 0 Å². The highest BCUT2D eigenvalue weighted by molar-refractivity contribution is 5.90. The van der Waals surface area contributed by atoms with Crippen LogP contribution in [-0.2, 0) is 4.79 Å². The van der Waals surface area contributed by atoms with Crippen LogP contribution in [-0.4, -0.2) is 36.9 Å². The topological polar surface area (TPSA) is 121 Å². The van der Waals surface area contributed by atoms with Gasteiger partial charge in [-0.05, 0) is 67.3 Å². The summed E-state index contributed by atoms with van der Waals surface area (Å²) in [5, 5.41) is 3.02. The van der Waals surface area contributed by atoms with Crippen molar-refractivity contribution < 1.29 is 4.79 Å². The predicted octanol–water partition coefficient (Wildman–Crippen LogP) is 4.65. The van der Waals surface area contributed by atoms with Crippen molar-refractivity contribution in [1.82, 2.24) is 35.8 Å². The largest absolute Gasteiger partial charge is 0.339 e. The number of fused-ring (bicyclic) bond motifs is 2. The lowest BCUT2D eigenvalue weighted by Crippen LogP contribution is -2.34. The Balaban J connectivity index is 1.22. The fourth-order valence-corrected chi connectivity index (χ4v) is 5.75. The van der Waals surface area contributed by atoms with Crippen LogP contribution < -0.4 is 16.2 Å². The first-order chi connectivity index (χ1) is 18.2. The van der Waals surface area contributed by atoms with Crippen LogP contribution >= 0.6 is 0 Å². The highest BCUT2D eigenvalue weighted by atomic mass is 16.1. The van der Waals surface area contributed by atoms with Gasteiger partial charge < -0.3 is 10.3 Å². The van der Waals surface area contributed by atoms with Crippen molar-refractivity contribution in [2.24, 2.45) is 5.92 Å². The maximum Gasteiger partial charge on any atom is 0.224 e. The van der Waals surface area contributed by atoms with Gasteiger partial charge in [0.2, 0.25) is 5.91 Å². The summed E-state index contributed by atoms with van der Waals surface area (Å²) in [5.41, 5.74) is 12.5. The molecule has 0 radical (unpaired) electrons. The molecule has 0 spiro atoms. The van der Waals surface area contributed by atoms with Gasteiger partial charge in [-0.25, -0.2) is 15.4 Å². The number of unbranched alkanes of at least 4 members (excludes halogenated alkanes) is 1. The van der Waals surface area contributed by atoms with Crippen LogP contribution in [0.4, 0.5) is 5.69 Å². The Hall–Kier alpha value is -3.69. The summed E-state index contributed by atoms with van der Waals surface area (Å²) < 4.78 is 0. The molecule has 4 atom stereocenters. The zero-order valence-electron chi connectivity index (χ0n) is 20.9. The van der Waals surface area contributed by atoms with E-state index < -0.39 is 0 Å². The number of carbonyl (C=O) groups is 1. The number of nitrogens with one attached hydrogen (secondary N) is 4. The Bertz CT molecular complexity index is 1390. The van der Waals surface area contributed by atoms with Crippen LogP contribution in [0.5, 0.6) is 0 Å². The van der Waals surface area contributed by atoms with E-state index in [0.717, 1.165) is 60.4 Å². The fraction of sp³-hybridized carbons (Fsp3) is 0.393. The number of H-pyrrole nitrogens is 1. The average Bonchev–Trinajstić information content (AvgIpc) is 3.56. The van der Waals surface area contributed by atoms with Gasteiger partial charge >= 0.3 is 0 Å². The number of carbonyl (C=O) groups excluding carboxylic acids is 1. The maximum atomic E-state index is 12.2. The molecule has 4 N–H and O–H groups in total. The van der Waals surface area contributed by atoms with Gasteiger partial charge in [-0.3, -0.25) is 20.2 Å². The van der Waals surface area contributed by atoms with Crippen LogP contribution in [0.15, 0.2) is 55.1 Å². The molecule has 1 aliphatic carbocycles. The minimum atomic E-state index is 0.0449. The summed E-state index contributed by atoms with van der Waals surface area (Å²) in [4.78, 5) is 34.1. The van der Waals surface area contributed by atoms with Crippen molar-refractivity contribution in [2.75, 3.05) is 5.32 Å². The third-order valence-corrected chi connectivity index (χ3v) is 7.67. The lowest BCUT2D eigenvalue weighted by molar-refractivity contribution is -0.116. The molecule has 4 aromatic heterocycles. The number of amides is 1. The molecule has 1 amide bonds. The SMILES string of the molecule is CCCCC(=O)Nc1cncc(C2CCC3NNC(c4nc5nccc(-c6ccccn6)c5[nH]4)C3C2)c1. The number of nitrogens with zero attached hydrogens (tertiary/aromatic N) is 4. The van der Waals surface area contributed by atoms with Gasteiger partial charge in [-0.2, -0.15) is 0 Å². The summed E-state index contributed by atoms with van der Waals surface area (Å²) in [6, 6.07) is 10.4. The molecule has 4 aromatic rings. The molecule has 0 aromatic carbocycles. The monoisotopic (exact) mass is 496 g/mol. The van der Waals surface area contributed by atoms with Crippen molar-refractivity contribution in [2.45, 2.75) is 63.5 Å². The Kier molecular flexibility index (Phi) is 6.63. The number of aromatic amines is 1. The zero-order chi connectivity index (χ0) is 25.2. The van der Waals surface area contributed by atoms with E-state index in [1.54, 1.807) is 18.6 Å². The highest BCUT2D eigenvalue weighted by Gasteiger charge is 2.42. The van der Waals surface area contributed by atoms with E-state index in [1.165, 1.54) is 5.56 Å². The normalized spacial score (nSPS) is 23.2. The Labute approximate surface area is 215 Å². The molecule has 2 fully saturated rings. The number of aromatic nitrogens is 5. The van der Waals surface area contributed by atoms with Gasteiger partial charge in [-0.1, -0.05) is 19.4 Å². The summed E-state index contributed by atoms with van der Waals surface area (Å²) in [5.74, 6) is 1.68. The van der Waals surface area contributed by atoms with E-state index in [1.807, 2.05) is 30.5 Å². The number of hydrazine groups is 1. The average molecular weight is 497 g/mol. The van der Waals surface area contributed by atoms with Gasteiger partial charge in [0, 0.05) is 36.6 Å². The van der Waals surface area contributed by atoms with E-state index >= 15 is 0 Å². The number of hydrogen-bond acceptors (Lipinski definition) is 7. The first kappa shape index (κ1) is 23.7. The second-order valence-corrected chi connectivity index (χ2v) is 10.1. The number of anilines is 1. The molecule has 1 saturated carbocycles. The van der Waals surface area contributed by atoms with Crippen LogP contribution in [0.3, 0.4) is 0 Å². The van der Waals surface area contributed by atoms with Crippen LogP contribution in [0.25, 0.3) is 22.4 Å². The molecule has 37 heavy (non-hydrogen) atoms. The number of rotatable bonds is 7. The van der Waals surface area contributed by atoms with Crippen molar-refractivity contribution in [3.63, 3.8) is 0 Å². The minimum Gasteiger partial charge on any atom is -0.339 e. The van der Waals surface area contributed by atoms with E-state index in [2.05, 4.69) is 49.1 Å². The molecule has 4 unspecified atom stereocenters. The molecule has 2 aliphatic rings. The molecule has 1 aliphatic heterocycles. The quantitative estimate of drug-likeness (QED) is 0.294. The Morgan fingerprint density at radius 2 is 2.05 bits per heavy atom. The molecule has 0 bridgehead atoms. The number of pyridine rings is 3. The van der Waals surface area contributed by atoms with Crippen LogP contribution in [0.1, 0.15) is 68.8 Å². The van der Waals surface area contributed by atoms with Gasteiger partial charge in [0.1, 0.15) is 5.82 Å².